The molecule has 0 spiro atoms. The standard InChI is InChI=1S/C9H11F3N2O2/c1-13(2)5-6-7(15)3-4-14(6)8(16)9(10,11)12/h5H,3-4H2,1-2H3. The molecule has 0 atom stereocenters. The number of rotatable bonds is 1. The van der Waals surface area contributed by atoms with Gasteiger partial charge in [0.1, 0.15) is 5.70 Å². The van der Waals surface area contributed by atoms with E-state index >= 15 is 0 Å². The molecule has 0 radical (unpaired) electrons. The summed E-state index contributed by atoms with van der Waals surface area (Å²) in [7, 11) is 3.13. The fourth-order valence-electron chi connectivity index (χ4n) is 1.36. The van der Waals surface area contributed by atoms with Crippen LogP contribution in [0.5, 0.6) is 0 Å². The molecule has 1 saturated heterocycles. The van der Waals surface area contributed by atoms with E-state index in [9.17, 15) is 22.8 Å². The van der Waals surface area contributed by atoms with Gasteiger partial charge in [-0.25, -0.2) is 0 Å². The minimum Gasteiger partial charge on any atom is -0.382 e. The molecule has 0 aliphatic carbocycles. The van der Waals surface area contributed by atoms with E-state index in [1.54, 1.807) is 14.1 Å². The molecule has 1 aliphatic rings. The highest BCUT2D eigenvalue weighted by molar-refractivity contribution is 6.02. The van der Waals surface area contributed by atoms with Crippen LogP contribution >= 0.6 is 0 Å². The molecule has 0 N–H and O–H groups in total. The van der Waals surface area contributed by atoms with Gasteiger partial charge >= 0.3 is 12.1 Å². The van der Waals surface area contributed by atoms with Gasteiger partial charge in [-0.05, 0) is 0 Å². The molecule has 1 amide bonds. The van der Waals surface area contributed by atoms with Crippen LogP contribution in [0.15, 0.2) is 11.9 Å². The fourth-order valence-corrected chi connectivity index (χ4v) is 1.36. The maximum absolute atomic E-state index is 12.2. The molecule has 0 bridgehead atoms. The van der Waals surface area contributed by atoms with Gasteiger partial charge in [0, 0.05) is 33.3 Å². The van der Waals surface area contributed by atoms with Gasteiger partial charge in [0.15, 0.2) is 5.78 Å². The number of allylic oxidation sites excluding steroid dienone is 1. The third kappa shape index (κ3) is 2.53. The van der Waals surface area contributed by atoms with Crippen LogP contribution in [-0.2, 0) is 9.59 Å². The summed E-state index contributed by atoms with van der Waals surface area (Å²) in [4.78, 5) is 24.2. The first kappa shape index (κ1) is 12.5. The molecule has 0 aromatic carbocycles. The predicted octanol–water partition coefficient (Wildman–Crippen LogP) is 0.753. The zero-order valence-electron chi connectivity index (χ0n) is 8.84. The van der Waals surface area contributed by atoms with Crippen LogP contribution in [-0.4, -0.2) is 48.3 Å². The highest BCUT2D eigenvalue weighted by Gasteiger charge is 2.46. The third-order valence-corrected chi connectivity index (χ3v) is 2.01. The van der Waals surface area contributed by atoms with Crippen molar-refractivity contribution in [2.75, 3.05) is 20.6 Å². The molecule has 0 unspecified atom stereocenters. The number of hydrogen-bond donors (Lipinski definition) is 0. The normalized spacial score (nSPS) is 19.4. The SMILES string of the molecule is CN(C)C=C1C(=O)CCN1C(=O)C(F)(F)F. The molecule has 0 aromatic heterocycles. The van der Waals surface area contributed by atoms with Gasteiger partial charge in [-0.2, -0.15) is 13.2 Å². The van der Waals surface area contributed by atoms with Gasteiger partial charge in [-0.3, -0.25) is 14.5 Å². The molecule has 1 heterocycles. The van der Waals surface area contributed by atoms with Crippen LogP contribution in [0, 0.1) is 0 Å². The van der Waals surface area contributed by atoms with Gasteiger partial charge in [-0.15, -0.1) is 0 Å². The first-order chi connectivity index (χ1) is 7.23. The van der Waals surface area contributed by atoms with Gasteiger partial charge < -0.3 is 4.90 Å². The van der Waals surface area contributed by atoms with Crippen molar-refractivity contribution < 1.29 is 22.8 Å². The van der Waals surface area contributed by atoms with E-state index in [0.717, 1.165) is 0 Å². The van der Waals surface area contributed by atoms with E-state index in [1.807, 2.05) is 0 Å². The van der Waals surface area contributed by atoms with E-state index in [0.29, 0.717) is 4.90 Å². The van der Waals surface area contributed by atoms with Crippen LogP contribution in [0.4, 0.5) is 13.2 Å². The maximum atomic E-state index is 12.2. The third-order valence-electron chi connectivity index (χ3n) is 2.01. The monoisotopic (exact) mass is 236 g/mol. The summed E-state index contributed by atoms with van der Waals surface area (Å²) >= 11 is 0. The highest BCUT2D eigenvalue weighted by atomic mass is 19.4. The molecule has 16 heavy (non-hydrogen) atoms. The molecule has 1 rings (SSSR count). The average molecular weight is 236 g/mol. The Morgan fingerprint density at radius 1 is 1.44 bits per heavy atom. The Balaban J connectivity index is 2.98. The van der Waals surface area contributed by atoms with Crippen molar-refractivity contribution in [1.29, 1.82) is 0 Å². The van der Waals surface area contributed by atoms with Crippen molar-refractivity contribution in [2.24, 2.45) is 0 Å². The quantitative estimate of drug-likeness (QED) is 0.631. The maximum Gasteiger partial charge on any atom is 0.471 e. The number of halogens is 3. The lowest BCUT2D eigenvalue weighted by Gasteiger charge is -2.19. The first-order valence-electron chi connectivity index (χ1n) is 4.53. The number of hydrogen-bond acceptors (Lipinski definition) is 3. The Morgan fingerprint density at radius 2 is 2.00 bits per heavy atom. The lowest BCUT2D eigenvalue weighted by atomic mass is 10.3. The van der Waals surface area contributed by atoms with Crippen molar-refractivity contribution in [3.05, 3.63) is 11.9 Å². The number of alkyl halides is 3. The molecule has 0 aromatic rings. The average Bonchev–Trinajstić information content (AvgIpc) is 2.45. The summed E-state index contributed by atoms with van der Waals surface area (Å²) in [5, 5.41) is 0. The van der Waals surface area contributed by atoms with E-state index in [-0.39, 0.29) is 18.7 Å². The summed E-state index contributed by atoms with van der Waals surface area (Å²) in [5.74, 6) is -2.45. The van der Waals surface area contributed by atoms with E-state index in [4.69, 9.17) is 0 Å². The minimum atomic E-state index is -4.95. The molecular weight excluding hydrogens is 225 g/mol. The molecule has 4 nitrogen and oxygen atoms in total. The van der Waals surface area contributed by atoms with Gasteiger partial charge in [0.2, 0.25) is 0 Å². The van der Waals surface area contributed by atoms with Crippen molar-refractivity contribution in [3.63, 3.8) is 0 Å². The number of nitrogens with zero attached hydrogens (tertiary/aromatic N) is 2. The van der Waals surface area contributed by atoms with Crippen molar-refractivity contribution in [1.82, 2.24) is 9.80 Å². The summed E-state index contributed by atoms with van der Waals surface area (Å²) < 4.78 is 36.6. The van der Waals surface area contributed by atoms with Crippen molar-refractivity contribution >= 4 is 11.7 Å². The largest absolute Gasteiger partial charge is 0.471 e. The molecule has 7 heteroatoms. The van der Waals surface area contributed by atoms with Crippen LogP contribution in [0.1, 0.15) is 6.42 Å². The molecule has 1 fully saturated rings. The van der Waals surface area contributed by atoms with Gasteiger partial charge in [0.25, 0.3) is 0 Å². The van der Waals surface area contributed by atoms with Gasteiger partial charge in [0.05, 0.1) is 0 Å². The number of carbonyl (C=O) groups is 2. The Labute approximate surface area is 90.3 Å². The zero-order chi connectivity index (χ0) is 12.5. The van der Waals surface area contributed by atoms with Gasteiger partial charge in [-0.1, -0.05) is 0 Å². The topological polar surface area (TPSA) is 40.6 Å². The number of likely N-dealkylation sites (tertiary alicyclic amines) is 1. The molecule has 90 valence electrons. The second-order valence-corrected chi connectivity index (χ2v) is 3.61. The Bertz CT molecular complexity index is 347. The van der Waals surface area contributed by atoms with Crippen LogP contribution in [0.2, 0.25) is 0 Å². The molecule has 1 aliphatic heterocycles. The summed E-state index contributed by atoms with van der Waals surface area (Å²) in [6, 6.07) is 0. The van der Waals surface area contributed by atoms with E-state index in [2.05, 4.69) is 0 Å². The number of carbonyl (C=O) groups excluding carboxylic acids is 2. The smallest absolute Gasteiger partial charge is 0.382 e. The zero-order valence-corrected chi connectivity index (χ0v) is 8.84. The summed E-state index contributed by atoms with van der Waals surface area (Å²) in [6.45, 7) is -0.211. The number of amides is 1. The molecule has 0 saturated carbocycles. The summed E-state index contributed by atoms with van der Waals surface area (Å²) in [6.07, 6.45) is -3.80. The Kier molecular flexibility index (Phi) is 3.25. The number of ketones is 1. The van der Waals surface area contributed by atoms with E-state index in [1.165, 1.54) is 11.1 Å². The van der Waals surface area contributed by atoms with Crippen LogP contribution in [0.3, 0.4) is 0 Å². The van der Waals surface area contributed by atoms with Crippen molar-refractivity contribution in [3.8, 4) is 0 Å². The Hall–Kier alpha value is -1.53. The lowest BCUT2D eigenvalue weighted by Crippen LogP contribution is -2.39. The minimum absolute atomic E-state index is 0.0680. The molecular formula is C9H11F3N2O2. The predicted molar refractivity (Wildman–Crippen MR) is 49.2 cm³/mol. The summed E-state index contributed by atoms with van der Waals surface area (Å²) in [5.41, 5.74) is -0.202. The number of Topliss-reactive ketones (excluding diaryl/α,β-unsaturated/α-hetero) is 1. The van der Waals surface area contributed by atoms with Crippen LogP contribution < -0.4 is 0 Å². The van der Waals surface area contributed by atoms with Crippen molar-refractivity contribution in [2.45, 2.75) is 12.6 Å². The lowest BCUT2D eigenvalue weighted by molar-refractivity contribution is -0.182. The Morgan fingerprint density at radius 3 is 2.44 bits per heavy atom. The second-order valence-electron chi connectivity index (χ2n) is 3.61. The highest BCUT2D eigenvalue weighted by Crippen LogP contribution is 2.26. The second kappa shape index (κ2) is 4.15. The van der Waals surface area contributed by atoms with Crippen LogP contribution in [0.25, 0.3) is 0 Å². The first-order valence-corrected chi connectivity index (χ1v) is 4.53. The fraction of sp³-hybridized carbons (Fsp3) is 0.556. The van der Waals surface area contributed by atoms with E-state index < -0.39 is 17.9 Å².